The van der Waals surface area contributed by atoms with Crippen LogP contribution in [0.4, 0.5) is 5.69 Å². The number of hydrogen-bond donors (Lipinski definition) is 1. The highest BCUT2D eigenvalue weighted by molar-refractivity contribution is 5.80. The van der Waals surface area contributed by atoms with Crippen LogP contribution < -0.4 is 5.32 Å². The van der Waals surface area contributed by atoms with Crippen LogP contribution in [-0.4, -0.2) is 30.4 Å². The monoisotopic (exact) mass is 218 g/mol. The number of likely N-dealkylation sites (N-methyl/N-ethyl adjacent to an activating group) is 1. The molecule has 1 aromatic rings. The number of amides is 1. The van der Waals surface area contributed by atoms with Gasteiger partial charge in [-0.15, -0.1) is 6.58 Å². The van der Waals surface area contributed by atoms with E-state index >= 15 is 0 Å². The van der Waals surface area contributed by atoms with Gasteiger partial charge in [0.2, 0.25) is 5.91 Å². The van der Waals surface area contributed by atoms with E-state index in [0.29, 0.717) is 19.6 Å². The van der Waals surface area contributed by atoms with E-state index in [-0.39, 0.29) is 5.91 Å². The summed E-state index contributed by atoms with van der Waals surface area (Å²) in [5, 5.41) is 3.09. The number of nitrogens with zero attached hydrogens (tertiary/aromatic N) is 1. The van der Waals surface area contributed by atoms with Crippen molar-refractivity contribution >= 4 is 11.6 Å². The maximum atomic E-state index is 11.8. The third kappa shape index (κ3) is 3.77. The van der Waals surface area contributed by atoms with E-state index in [2.05, 4.69) is 11.9 Å². The van der Waals surface area contributed by atoms with E-state index in [1.54, 1.807) is 11.0 Å². The van der Waals surface area contributed by atoms with Gasteiger partial charge in [-0.05, 0) is 19.1 Å². The summed E-state index contributed by atoms with van der Waals surface area (Å²) in [6, 6.07) is 9.71. The molecule has 0 saturated carbocycles. The Kier molecular flexibility index (Phi) is 5.12. The molecule has 3 heteroatoms. The lowest BCUT2D eigenvalue weighted by Crippen LogP contribution is -2.35. The fraction of sp³-hybridized carbons (Fsp3) is 0.308. The number of para-hydroxylation sites is 1. The van der Waals surface area contributed by atoms with Crippen molar-refractivity contribution in [3.05, 3.63) is 43.0 Å². The highest BCUT2D eigenvalue weighted by Crippen LogP contribution is 2.04. The molecule has 0 heterocycles. The molecular weight excluding hydrogens is 200 g/mol. The Bertz CT molecular complexity index is 335. The van der Waals surface area contributed by atoms with Gasteiger partial charge in [0.1, 0.15) is 0 Å². The topological polar surface area (TPSA) is 32.3 Å². The summed E-state index contributed by atoms with van der Waals surface area (Å²) < 4.78 is 0. The zero-order valence-corrected chi connectivity index (χ0v) is 9.65. The first-order valence-corrected chi connectivity index (χ1v) is 5.45. The molecule has 0 saturated heterocycles. The van der Waals surface area contributed by atoms with E-state index in [0.717, 1.165) is 5.69 Å². The predicted octanol–water partition coefficient (Wildman–Crippen LogP) is 2.13. The molecule has 0 atom stereocenters. The molecule has 0 aromatic heterocycles. The van der Waals surface area contributed by atoms with Crippen molar-refractivity contribution in [2.45, 2.75) is 6.92 Å². The molecule has 0 fully saturated rings. The Morgan fingerprint density at radius 3 is 2.69 bits per heavy atom. The minimum Gasteiger partial charge on any atom is -0.376 e. The fourth-order valence-corrected chi connectivity index (χ4v) is 1.41. The molecule has 0 spiro atoms. The van der Waals surface area contributed by atoms with E-state index in [1.165, 1.54) is 0 Å². The molecule has 0 radical (unpaired) electrons. The van der Waals surface area contributed by atoms with Crippen LogP contribution in [0, 0.1) is 0 Å². The number of anilines is 1. The predicted molar refractivity (Wildman–Crippen MR) is 67.4 cm³/mol. The largest absolute Gasteiger partial charge is 0.376 e. The van der Waals surface area contributed by atoms with Gasteiger partial charge in [-0.1, -0.05) is 24.3 Å². The molecule has 1 amide bonds. The Labute approximate surface area is 96.8 Å². The lowest BCUT2D eigenvalue weighted by molar-refractivity contribution is -0.128. The zero-order chi connectivity index (χ0) is 11.8. The van der Waals surface area contributed by atoms with Crippen LogP contribution in [0.15, 0.2) is 43.0 Å². The minimum absolute atomic E-state index is 0.0891. The minimum atomic E-state index is 0.0891. The second-order valence-corrected chi connectivity index (χ2v) is 3.44. The highest BCUT2D eigenvalue weighted by Gasteiger charge is 2.08. The summed E-state index contributed by atoms with van der Waals surface area (Å²) in [6.45, 7) is 7.23. The summed E-state index contributed by atoms with van der Waals surface area (Å²) in [7, 11) is 0. The van der Waals surface area contributed by atoms with Crippen molar-refractivity contribution in [3.63, 3.8) is 0 Å². The smallest absolute Gasteiger partial charge is 0.242 e. The van der Waals surface area contributed by atoms with Crippen LogP contribution >= 0.6 is 0 Å². The van der Waals surface area contributed by atoms with E-state index in [4.69, 9.17) is 0 Å². The number of carbonyl (C=O) groups excluding carboxylic acids is 1. The average molecular weight is 218 g/mol. The maximum absolute atomic E-state index is 11.8. The Morgan fingerprint density at radius 1 is 1.44 bits per heavy atom. The number of nitrogens with one attached hydrogen (secondary N) is 1. The first-order valence-electron chi connectivity index (χ1n) is 5.45. The van der Waals surface area contributed by atoms with Crippen LogP contribution in [-0.2, 0) is 4.79 Å². The Morgan fingerprint density at radius 2 is 2.12 bits per heavy atom. The van der Waals surface area contributed by atoms with Gasteiger partial charge >= 0.3 is 0 Å². The van der Waals surface area contributed by atoms with Gasteiger partial charge in [0.05, 0.1) is 6.54 Å². The second-order valence-electron chi connectivity index (χ2n) is 3.44. The molecule has 1 aromatic carbocycles. The van der Waals surface area contributed by atoms with Gasteiger partial charge in [0, 0.05) is 18.8 Å². The van der Waals surface area contributed by atoms with Gasteiger partial charge < -0.3 is 10.2 Å². The van der Waals surface area contributed by atoms with Crippen LogP contribution in [0.3, 0.4) is 0 Å². The molecule has 1 rings (SSSR count). The lowest BCUT2D eigenvalue weighted by Gasteiger charge is -2.19. The number of hydrogen-bond acceptors (Lipinski definition) is 2. The second kappa shape index (κ2) is 6.67. The number of benzene rings is 1. The van der Waals surface area contributed by atoms with Crippen LogP contribution in [0.25, 0.3) is 0 Å². The number of carbonyl (C=O) groups is 1. The van der Waals surface area contributed by atoms with Crippen molar-refractivity contribution in [1.29, 1.82) is 0 Å². The van der Waals surface area contributed by atoms with Crippen molar-refractivity contribution in [2.24, 2.45) is 0 Å². The maximum Gasteiger partial charge on any atom is 0.242 e. The van der Waals surface area contributed by atoms with Crippen molar-refractivity contribution in [3.8, 4) is 0 Å². The highest BCUT2D eigenvalue weighted by atomic mass is 16.2. The van der Waals surface area contributed by atoms with Crippen LogP contribution in [0.1, 0.15) is 6.92 Å². The van der Waals surface area contributed by atoms with Gasteiger partial charge in [0.25, 0.3) is 0 Å². The summed E-state index contributed by atoms with van der Waals surface area (Å²) in [5.74, 6) is 0.0891. The molecule has 16 heavy (non-hydrogen) atoms. The lowest BCUT2D eigenvalue weighted by atomic mass is 10.3. The Hall–Kier alpha value is -1.77. The molecule has 3 nitrogen and oxygen atoms in total. The zero-order valence-electron chi connectivity index (χ0n) is 9.65. The molecule has 0 unspecified atom stereocenters. The summed E-state index contributed by atoms with van der Waals surface area (Å²) in [4.78, 5) is 13.5. The molecule has 0 aliphatic carbocycles. The first kappa shape index (κ1) is 12.3. The molecule has 0 bridgehead atoms. The van der Waals surface area contributed by atoms with Gasteiger partial charge in [-0.3, -0.25) is 4.79 Å². The summed E-state index contributed by atoms with van der Waals surface area (Å²) in [5.41, 5.74) is 0.963. The standard InChI is InChI=1S/C13H18N2O/c1-3-10-15(4-2)13(16)11-14-12-8-6-5-7-9-12/h3,5-9,14H,1,4,10-11H2,2H3. The molecule has 1 N–H and O–H groups in total. The van der Waals surface area contributed by atoms with E-state index < -0.39 is 0 Å². The fourth-order valence-electron chi connectivity index (χ4n) is 1.41. The van der Waals surface area contributed by atoms with Gasteiger partial charge in [-0.2, -0.15) is 0 Å². The molecular formula is C13H18N2O. The van der Waals surface area contributed by atoms with Crippen molar-refractivity contribution in [1.82, 2.24) is 4.90 Å². The van der Waals surface area contributed by atoms with Crippen molar-refractivity contribution in [2.75, 3.05) is 25.0 Å². The molecule has 86 valence electrons. The summed E-state index contributed by atoms with van der Waals surface area (Å²) >= 11 is 0. The van der Waals surface area contributed by atoms with Gasteiger partial charge in [0.15, 0.2) is 0 Å². The molecule has 0 aliphatic heterocycles. The third-order valence-corrected chi connectivity index (χ3v) is 2.30. The normalized spacial score (nSPS) is 9.56. The van der Waals surface area contributed by atoms with Crippen LogP contribution in [0.2, 0.25) is 0 Å². The van der Waals surface area contributed by atoms with E-state index in [9.17, 15) is 4.79 Å². The van der Waals surface area contributed by atoms with Crippen LogP contribution in [0.5, 0.6) is 0 Å². The van der Waals surface area contributed by atoms with Gasteiger partial charge in [-0.25, -0.2) is 0 Å². The van der Waals surface area contributed by atoms with Crippen molar-refractivity contribution < 1.29 is 4.79 Å². The molecule has 0 aliphatic rings. The quantitative estimate of drug-likeness (QED) is 0.742. The average Bonchev–Trinajstić information content (AvgIpc) is 2.34. The van der Waals surface area contributed by atoms with E-state index in [1.807, 2.05) is 37.3 Å². The SMILES string of the molecule is C=CCN(CC)C(=O)CNc1ccccc1. The number of rotatable bonds is 6. The summed E-state index contributed by atoms with van der Waals surface area (Å²) in [6.07, 6.45) is 1.74. The Balaban J connectivity index is 2.42. The first-order chi connectivity index (χ1) is 7.77. The third-order valence-electron chi connectivity index (χ3n) is 2.30.